The van der Waals surface area contributed by atoms with Gasteiger partial charge in [0.2, 0.25) is 0 Å². The molecule has 0 bridgehead atoms. The molecule has 1 N–H and O–H groups in total. The number of carboxylic acid groups (broad SMARTS) is 1. The van der Waals surface area contributed by atoms with E-state index in [4.69, 9.17) is 10.4 Å². The highest BCUT2D eigenvalue weighted by Gasteiger charge is 2.16. The van der Waals surface area contributed by atoms with Gasteiger partial charge in [-0.1, -0.05) is 0 Å². The molecule has 1 aromatic carbocycles. The largest absolute Gasteiger partial charge is 0.477 e. The molecule has 108 valence electrons. The predicted molar refractivity (Wildman–Crippen MR) is 74.6 cm³/mol. The lowest BCUT2D eigenvalue weighted by Gasteiger charge is -2.07. The van der Waals surface area contributed by atoms with Gasteiger partial charge in [0, 0.05) is 12.7 Å². The van der Waals surface area contributed by atoms with Gasteiger partial charge in [-0.05, 0) is 36.4 Å². The van der Waals surface area contributed by atoms with E-state index in [-0.39, 0.29) is 22.9 Å². The molecular formula is C14H12N2O4S. The maximum Gasteiger partial charge on any atom is 0.352 e. The lowest BCUT2D eigenvalue weighted by molar-refractivity contribution is 0.0685. The molecule has 2 aromatic rings. The van der Waals surface area contributed by atoms with E-state index in [9.17, 15) is 13.2 Å². The van der Waals surface area contributed by atoms with Gasteiger partial charge in [-0.2, -0.15) is 5.26 Å². The molecule has 7 heteroatoms. The highest BCUT2D eigenvalue weighted by atomic mass is 32.2. The third kappa shape index (κ3) is 3.30. The van der Waals surface area contributed by atoms with E-state index in [1.165, 1.54) is 41.1 Å². The molecule has 0 saturated heterocycles. The quantitative estimate of drug-likeness (QED) is 0.903. The van der Waals surface area contributed by atoms with Crippen LogP contribution in [-0.2, 0) is 16.4 Å². The van der Waals surface area contributed by atoms with Crippen LogP contribution in [0.2, 0.25) is 0 Å². The average molecular weight is 304 g/mol. The summed E-state index contributed by atoms with van der Waals surface area (Å²) >= 11 is 0. The molecule has 0 aliphatic heterocycles. The monoisotopic (exact) mass is 304 g/mol. The van der Waals surface area contributed by atoms with Gasteiger partial charge in [-0.3, -0.25) is 0 Å². The molecule has 1 aromatic heterocycles. The highest BCUT2D eigenvalue weighted by molar-refractivity contribution is 7.91. The van der Waals surface area contributed by atoms with Crippen molar-refractivity contribution >= 4 is 15.8 Å². The number of carboxylic acids is 1. The highest BCUT2D eigenvalue weighted by Crippen LogP contribution is 2.13. The van der Waals surface area contributed by atoms with Crippen LogP contribution in [-0.4, -0.2) is 29.8 Å². The molecule has 0 radical (unpaired) electrons. The summed E-state index contributed by atoms with van der Waals surface area (Å²) in [6.07, 6.45) is 1.53. The molecule has 0 aliphatic rings. The van der Waals surface area contributed by atoms with Gasteiger partial charge in [0.15, 0.2) is 9.84 Å². The Kier molecular flexibility index (Phi) is 4.10. The molecule has 0 fully saturated rings. The number of rotatable bonds is 5. The maximum absolute atomic E-state index is 12.2. The summed E-state index contributed by atoms with van der Waals surface area (Å²) in [6.45, 7) is 0.0525. The van der Waals surface area contributed by atoms with Gasteiger partial charge in [-0.25, -0.2) is 13.2 Å². The van der Waals surface area contributed by atoms with Crippen molar-refractivity contribution in [2.75, 3.05) is 5.75 Å². The third-order valence-corrected chi connectivity index (χ3v) is 4.70. The summed E-state index contributed by atoms with van der Waals surface area (Å²) < 4.78 is 25.7. The fourth-order valence-corrected chi connectivity index (χ4v) is 3.10. The van der Waals surface area contributed by atoms with Gasteiger partial charge in [0.05, 0.1) is 22.3 Å². The minimum absolute atomic E-state index is 0.0463. The van der Waals surface area contributed by atoms with Crippen LogP contribution in [0.25, 0.3) is 0 Å². The zero-order valence-electron chi connectivity index (χ0n) is 10.9. The number of aromatic carboxylic acids is 1. The van der Waals surface area contributed by atoms with E-state index in [2.05, 4.69) is 0 Å². The smallest absolute Gasteiger partial charge is 0.352 e. The molecule has 6 nitrogen and oxygen atoms in total. The first-order chi connectivity index (χ1) is 9.94. The Morgan fingerprint density at radius 2 is 1.90 bits per heavy atom. The van der Waals surface area contributed by atoms with Crippen molar-refractivity contribution in [1.82, 2.24) is 4.57 Å². The van der Waals surface area contributed by atoms with Crippen molar-refractivity contribution in [3.63, 3.8) is 0 Å². The minimum atomic E-state index is -3.53. The second kappa shape index (κ2) is 5.81. The molecule has 0 unspecified atom stereocenters. The zero-order chi connectivity index (χ0) is 15.5. The van der Waals surface area contributed by atoms with Crippen molar-refractivity contribution in [3.05, 3.63) is 53.9 Å². The summed E-state index contributed by atoms with van der Waals surface area (Å²) in [5.74, 6) is -1.32. The van der Waals surface area contributed by atoms with Crippen LogP contribution in [0.3, 0.4) is 0 Å². The number of aryl methyl sites for hydroxylation is 1. The lowest BCUT2D eigenvalue weighted by Crippen LogP contribution is -2.16. The van der Waals surface area contributed by atoms with Crippen LogP contribution in [0.1, 0.15) is 16.1 Å². The number of hydrogen-bond acceptors (Lipinski definition) is 4. The van der Waals surface area contributed by atoms with Gasteiger partial charge in [0.25, 0.3) is 0 Å². The fraction of sp³-hybridized carbons (Fsp3) is 0.143. The Labute approximate surface area is 121 Å². The minimum Gasteiger partial charge on any atom is -0.477 e. The molecular weight excluding hydrogens is 292 g/mol. The van der Waals surface area contributed by atoms with Crippen molar-refractivity contribution in [3.8, 4) is 6.07 Å². The molecule has 0 spiro atoms. The SMILES string of the molecule is N#Cc1ccc(S(=O)(=O)CCn2cccc2C(=O)O)cc1. The standard InChI is InChI=1S/C14H12N2O4S/c15-10-11-3-5-12(6-4-11)21(19,20)9-8-16-7-1-2-13(16)14(17)18/h1-7H,8-9H2,(H,17,18). The number of nitriles is 1. The van der Waals surface area contributed by atoms with E-state index in [1.54, 1.807) is 6.07 Å². The summed E-state index contributed by atoms with van der Waals surface area (Å²) in [6, 6.07) is 10.5. The maximum atomic E-state index is 12.2. The number of nitrogens with zero attached hydrogens (tertiary/aromatic N) is 2. The normalized spacial score (nSPS) is 11.0. The van der Waals surface area contributed by atoms with Gasteiger partial charge in [-0.15, -0.1) is 0 Å². The van der Waals surface area contributed by atoms with Crippen molar-refractivity contribution in [1.29, 1.82) is 5.26 Å². The summed E-state index contributed by atoms with van der Waals surface area (Å²) in [5, 5.41) is 17.6. The molecule has 0 aliphatic carbocycles. The van der Waals surface area contributed by atoms with E-state index in [0.717, 1.165) is 0 Å². The summed E-state index contributed by atoms with van der Waals surface area (Å²) in [4.78, 5) is 11.1. The number of sulfone groups is 1. The summed E-state index contributed by atoms with van der Waals surface area (Å²) in [7, 11) is -3.53. The molecule has 1 heterocycles. The average Bonchev–Trinajstić information content (AvgIpc) is 2.94. The predicted octanol–water partition coefficient (Wildman–Crippen LogP) is 1.53. The van der Waals surface area contributed by atoms with Gasteiger partial charge >= 0.3 is 5.97 Å². The molecule has 21 heavy (non-hydrogen) atoms. The second-order valence-electron chi connectivity index (χ2n) is 4.35. The fourth-order valence-electron chi connectivity index (χ4n) is 1.88. The number of aromatic nitrogens is 1. The van der Waals surface area contributed by atoms with Crippen LogP contribution in [0, 0.1) is 11.3 Å². The van der Waals surface area contributed by atoms with Crippen molar-refractivity contribution < 1.29 is 18.3 Å². The van der Waals surface area contributed by atoms with Crippen LogP contribution in [0.5, 0.6) is 0 Å². The van der Waals surface area contributed by atoms with Gasteiger partial charge in [0.1, 0.15) is 5.69 Å². The van der Waals surface area contributed by atoms with Crippen molar-refractivity contribution in [2.45, 2.75) is 11.4 Å². The van der Waals surface area contributed by atoms with E-state index >= 15 is 0 Å². The van der Waals surface area contributed by atoms with Crippen LogP contribution < -0.4 is 0 Å². The zero-order valence-corrected chi connectivity index (χ0v) is 11.7. The lowest BCUT2D eigenvalue weighted by atomic mass is 10.2. The van der Waals surface area contributed by atoms with E-state index < -0.39 is 15.8 Å². The Morgan fingerprint density at radius 1 is 1.24 bits per heavy atom. The number of carbonyl (C=O) groups is 1. The Bertz CT molecular complexity index is 798. The van der Waals surface area contributed by atoms with Crippen molar-refractivity contribution in [2.24, 2.45) is 0 Å². The third-order valence-electron chi connectivity index (χ3n) is 2.99. The van der Waals surface area contributed by atoms with E-state index in [0.29, 0.717) is 5.56 Å². The first-order valence-corrected chi connectivity index (χ1v) is 7.70. The Hall–Kier alpha value is -2.59. The molecule has 2 rings (SSSR count). The molecule has 0 atom stereocenters. The second-order valence-corrected chi connectivity index (χ2v) is 6.46. The topological polar surface area (TPSA) is 100 Å². The molecule has 0 amide bonds. The summed E-state index contributed by atoms with van der Waals surface area (Å²) in [5.41, 5.74) is 0.428. The van der Waals surface area contributed by atoms with E-state index in [1.807, 2.05) is 6.07 Å². The number of hydrogen-bond donors (Lipinski definition) is 1. The van der Waals surface area contributed by atoms with Crippen LogP contribution in [0.4, 0.5) is 0 Å². The Balaban J connectivity index is 2.16. The molecule has 0 saturated carbocycles. The van der Waals surface area contributed by atoms with Crippen LogP contribution >= 0.6 is 0 Å². The first kappa shape index (κ1) is 14.8. The Morgan fingerprint density at radius 3 is 2.48 bits per heavy atom. The number of benzene rings is 1. The van der Waals surface area contributed by atoms with Gasteiger partial charge < -0.3 is 9.67 Å². The first-order valence-electron chi connectivity index (χ1n) is 6.05. The van der Waals surface area contributed by atoms with Crippen LogP contribution in [0.15, 0.2) is 47.5 Å².